The van der Waals surface area contributed by atoms with Gasteiger partial charge in [-0.3, -0.25) is 9.59 Å². The smallest absolute Gasteiger partial charge is 0.309 e. The lowest BCUT2D eigenvalue weighted by Gasteiger charge is -2.33. The van der Waals surface area contributed by atoms with Crippen molar-refractivity contribution in [3.8, 4) is 0 Å². The first kappa shape index (κ1) is 15.7. The van der Waals surface area contributed by atoms with Crippen LogP contribution in [-0.4, -0.2) is 19.4 Å². The zero-order valence-corrected chi connectivity index (χ0v) is 12.3. The first-order chi connectivity index (χ1) is 8.93. The molecule has 106 valence electrons. The molecule has 3 atom stereocenters. The van der Waals surface area contributed by atoms with Gasteiger partial charge in [0.1, 0.15) is 6.29 Å². The third-order valence-electron chi connectivity index (χ3n) is 4.12. The molecule has 0 bridgehead atoms. The van der Waals surface area contributed by atoms with Crippen molar-refractivity contribution in [3.05, 3.63) is 23.8 Å². The van der Waals surface area contributed by atoms with Crippen LogP contribution in [-0.2, 0) is 14.3 Å². The van der Waals surface area contributed by atoms with Gasteiger partial charge in [0.05, 0.1) is 13.0 Å². The molecule has 1 aliphatic rings. The maximum atomic E-state index is 12.2. The second-order valence-corrected chi connectivity index (χ2v) is 5.64. The predicted octanol–water partition coefficient (Wildman–Crippen LogP) is 3.16. The second-order valence-electron chi connectivity index (χ2n) is 5.64. The lowest BCUT2D eigenvalue weighted by Crippen LogP contribution is -2.35. The molecule has 0 amide bonds. The largest absolute Gasteiger partial charge is 0.469 e. The average molecular weight is 264 g/mol. The molecule has 0 fully saturated rings. The van der Waals surface area contributed by atoms with E-state index >= 15 is 0 Å². The number of methoxy groups -OCH3 is 1. The molecule has 1 rings (SSSR count). The minimum Gasteiger partial charge on any atom is -0.469 e. The lowest BCUT2D eigenvalue weighted by molar-refractivity contribution is -0.149. The van der Waals surface area contributed by atoms with Crippen molar-refractivity contribution in [2.24, 2.45) is 23.7 Å². The van der Waals surface area contributed by atoms with Crippen LogP contribution in [0.25, 0.3) is 0 Å². The fraction of sp³-hybridized carbons (Fsp3) is 0.625. The molecule has 0 unspecified atom stereocenters. The van der Waals surface area contributed by atoms with Crippen molar-refractivity contribution in [1.82, 2.24) is 0 Å². The lowest BCUT2D eigenvalue weighted by atomic mass is 9.71. The van der Waals surface area contributed by atoms with Crippen molar-refractivity contribution in [3.63, 3.8) is 0 Å². The molecule has 3 nitrogen and oxygen atoms in total. The Kier molecular flexibility index (Phi) is 5.52. The van der Waals surface area contributed by atoms with Crippen molar-refractivity contribution in [1.29, 1.82) is 0 Å². The van der Waals surface area contributed by atoms with Gasteiger partial charge in [0, 0.05) is 5.92 Å². The number of hydrogen-bond donors (Lipinski definition) is 0. The van der Waals surface area contributed by atoms with Gasteiger partial charge in [0.25, 0.3) is 0 Å². The van der Waals surface area contributed by atoms with Crippen LogP contribution in [0.5, 0.6) is 0 Å². The fourth-order valence-electron chi connectivity index (χ4n) is 3.18. The van der Waals surface area contributed by atoms with E-state index in [4.69, 9.17) is 4.74 Å². The monoisotopic (exact) mass is 264 g/mol. The van der Waals surface area contributed by atoms with Crippen molar-refractivity contribution < 1.29 is 14.3 Å². The van der Waals surface area contributed by atoms with Gasteiger partial charge < -0.3 is 4.74 Å². The number of hydrogen-bond acceptors (Lipinski definition) is 3. The van der Waals surface area contributed by atoms with E-state index in [2.05, 4.69) is 19.6 Å². The third kappa shape index (κ3) is 3.34. The van der Waals surface area contributed by atoms with Crippen molar-refractivity contribution >= 4 is 12.3 Å². The Labute approximate surface area is 115 Å². The van der Waals surface area contributed by atoms with Gasteiger partial charge in [-0.25, -0.2) is 0 Å². The van der Waals surface area contributed by atoms with E-state index in [-0.39, 0.29) is 29.6 Å². The Hall–Kier alpha value is -1.38. The highest BCUT2D eigenvalue weighted by atomic mass is 16.5. The number of rotatable bonds is 6. The van der Waals surface area contributed by atoms with Gasteiger partial charge in [-0.1, -0.05) is 32.1 Å². The van der Waals surface area contributed by atoms with Gasteiger partial charge in [-0.05, 0) is 37.2 Å². The minimum atomic E-state index is -0.304. The maximum Gasteiger partial charge on any atom is 0.309 e. The van der Waals surface area contributed by atoms with Gasteiger partial charge in [0.15, 0.2) is 0 Å². The van der Waals surface area contributed by atoms with Crippen LogP contribution in [0.3, 0.4) is 0 Å². The molecule has 0 aromatic carbocycles. The van der Waals surface area contributed by atoms with E-state index < -0.39 is 0 Å². The Morgan fingerprint density at radius 3 is 2.53 bits per heavy atom. The zero-order valence-electron chi connectivity index (χ0n) is 12.3. The Bertz CT molecular complexity index is 393. The molecule has 1 aliphatic carbocycles. The topological polar surface area (TPSA) is 43.4 Å². The normalized spacial score (nSPS) is 21.7. The minimum absolute atomic E-state index is 0.156. The van der Waals surface area contributed by atoms with Crippen molar-refractivity contribution in [2.75, 3.05) is 7.11 Å². The number of esters is 1. The molecule has 19 heavy (non-hydrogen) atoms. The van der Waals surface area contributed by atoms with Gasteiger partial charge in [-0.15, -0.1) is 0 Å². The molecule has 0 saturated heterocycles. The zero-order chi connectivity index (χ0) is 14.6. The number of ether oxygens (including phenoxy) is 1. The van der Waals surface area contributed by atoms with E-state index in [0.717, 1.165) is 19.1 Å². The fourth-order valence-corrected chi connectivity index (χ4v) is 3.18. The summed E-state index contributed by atoms with van der Waals surface area (Å²) in [7, 11) is 1.41. The molecule has 0 N–H and O–H groups in total. The summed E-state index contributed by atoms with van der Waals surface area (Å²) in [6.07, 6.45) is 4.87. The maximum absolute atomic E-state index is 12.2. The van der Waals surface area contributed by atoms with Crippen LogP contribution >= 0.6 is 0 Å². The number of carbonyl (C=O) groups excluding carboxylic acids is 2. The SMILES string of the molecule is C=C(C=O)[C@@H](C(C)C)[C@H](C(=O)OC)[C@@H]1CCC=C1C. The molecule has 0 aromatic rings. The molecule has 0 heterocycles. The quantitative estimate of drug-likeness (QED) is 0.320. The van der Waals surface area contributed by atoms with Gasteiger partial charge in [-0.2, -0.15) is 0 Å². The molecule has 0 aromatic heterocycles. The molecule has 3 heteroatoms. The van der Waals surface area contributed by atoms with E-state index in [1.165, 1.54) is 12.7 Å². The second kappa shape index (κ2) is 6.69. The Morgan fingerprint density at radius 1 is 1.53 bits per heavy atom. The first-order valence-electron chi connectivity index (χ1n) is 6.82. The number of aldehydes is 1. The van der Waals surface area contributed by atoms with E-state index in [0.29, 0.717) is 5.57 Å². The van der Waals surface area contributed by atoms with Crippen molar-refractivity contribution in [2.45, 2.75) is 33.6 Å². The summed E-state index contributed by atoms with van der Waals surface area (Å²) >= 11 is 0. The summed E-state index contributed by atoms with van der Waals surface area (Å²) in [5.41, 5.74) is 1.71. The van der Waals surface area contributed by atoms with Gasteiger partial charge in [0.2, 0.25) is 0 Å². The average Bonchev–Trinajstić information content (AvgIpc) is 2.79. The van der Waals surface area contributed by atoms with Crippen LogP contribution < -0.4 is 0 Å². The Morgan fingerprint density at radius 2 is 2.16 bits per heavy atom. The van der Waals surface area contributed by atoms with Gasteiger partial charge >= 0.3 is 5.97 Å². The van der Waals surface area contributed by atoms with Crippen LogP contribution in [0, 0.1) is 23.7 Å². The summed E-state index contributed by atoms with van der Waals surface area (Å²) in [6.45, 7) is 9.92. The summed E-state index contributed by atoms with van der Waals surface area (Å²) in [5, 5.41) is 0. The van der Waals surface area contributed by atoms with Crippen LogP contribution in [0.4, 0.5) is 0 Å². The molecule has 0 aliphatic heterocycles. The standard InChI is InChI=1S/C16H24O3/c1-10(2)14(12(4)9-17)15(16(18)19-5)13-8-6-7-11(13)3/h7,9-10,13-15H,4,6,8H2,1-3,5H3/t13-,14-,15-/m1/s1. The summed E-state index contributed by atoms with van der Waals surface area (Å²) in [6, 6.07) is 0. The molecular formula is C16H24O3. The Balaban J connectivity index is 3.14. The summed E-state index contributed by atoms with van der Waals surface area (Å²) in [5.74, 6) is -0.356. The molecule has 0 radical (unpaired) electrons. The highest BCUT2D eigenvalue weighted by molar-refractivity contribution is 5.79. The number of allylic oxidation sites excluding steroid dienone is 3. The molecular weight excluding hydrogens is 240 g/mol. The highest BCUT2D eigenvalue weighted by Crippen LogP contribution is 2.41. The molecule has 0 spiro atoms. The van der Waals surface area contributed by atoms with E-state index in [1.54, 1.807) is 0 Å². The molecule has 0 saturated carbocycles. The summed E-state index contributed by atoms with van der Waals surface area (Å²) in [4.78, 5) is 23.3. The van der Waals surface area contributed by atoms with E-state index in [1.807, 2.05) is 13.8 Å². The highest BCUT2D eigenvalue weighted by Gasteiger charge is 2.40. The van der Waals surface area contributed by atoms with Crippen LogP contribution in [0.15, 0.2) is 23.8 Å². The predicted molar refractivity (Wildman–Crippen MR) is 75.5 cm³/mol. The summed E-state index contributed by atoms with van der Waals surface area (Å²) < 4.78 is 4.98. The third-order valence-corrected chi connectivity index (χ3v) is 4.12. The van der Waals surface area contributed by atoms with Crippen LogP contribution in [0.1, 0.15) is 33.6 Å². The van der Waals surface area contributed by atoms with Crippen LogP contribution in [0.2, 0.25) is 0 Å². The number of carbonyl (C=O) groups is 2. The first-order valence-corrected chi connectivity index (χ1v) is 6.82. The van der Waals surface area contributed by atoms with E-state index in [9.17, 15) is 9.59 Å².